The molecule has 0 spiro atoms. The normalized spacial score (nSPS) is 38.9. The number of rotatable bonds is 5. The van der Waals surface area contributed by atoms with Crippen LogP contribution < -0.4 is 0 Å². The third-order valence-corrected chi connectivity index (χ3v) is 10.5. The number of carbonyl (C=O) groups excluding carboxylic acids is 4. The van der Waals surface area contributed by atoms with Crippen molar-refractivity contribution in [2.24, 2.45) is 45.8 Å². The van der Waals surface area contributed by atoms with Crippen molar-refractivity contribution in [3.63, 3.8) is 0 Å². The van der Waals surface area contributed by atoms with Gasteiger partial charge in [0.15, 0.2) is 6.10 Å². The molecule has 0 amide bonds. The molecule has 1 aliphatic heterocycles. The highest BCUT2D eigenvalue weighted by molar-refractivity contribution is 5.94. The molecule has 0 radical (unpaired) electrons. The monoisotopic (exact) mass is 556 g/mol. The van der Waals surface area contributed by atoms with Crippen LogP contribution in [0.5, 0.6) is 0 Å². The summed E-state index contributed by atoms with van der Waals surface area (Å²) in [5.74, 6) is -4.50. The number of aliphatic hydroxyl groups excluding tert-OH is 1. The van der Waals surface area contributed by atoms with Crippen LogP contribution in [0, 0.1) is 45.8 Å². The number of fused-ring (bicyclic) bond motifs is 6. The van der Waals surface area contributed by atoms with Gasteiger partial charge in [0.2, 0.25) is 0 Å². The van der Waals surface area contributed by atoms with Gasteiger partial charge in [0.1, 0.15) is 18.0 Å². The number of furan rings is 1. The number of aliphatic hydroxyl groups is 1. The minimum absolute atomic E-state index is 0.147. The van der Waals surface area contributed by atoms with Crippen molar-refractivity contribution < 1.29 is 42.9 Å². The van der Waals surface area contributed by atoms with E-state index in [1.54, 1.807) is 32.4 Å². The van der Waals surface area contributed by atoms with Gasteiger partial charge in [-0.1, -0.05) is 53.2 Å². The lowest BCUT2D eigenvalue weighted by molar-refractivity contribution is -0.211. The second-order valence-corrected chi connectivity index (χ2v) is 13.4. The van der Waals surface area contributed by atoms with Crippen molar-refractivity contribution >= 4 is 23.7 Å². The predicted molar refractivity (Wildman–Crippen MR) is 141 cm³/mol. The zero-order valence-electron chi connectivity index (χ0n) is 24.3. The molecule has 9 nitrogen and oxygen atoms in total. The number of Topliss-reactive ketones (excluding diaryl/α,β-unsaturated/α-hetero) is 1. The minimum Gasteiger partial charge on any atom is -0.472 e. The topological polar surface area (TPSA) is 129 Å². The molecule has 2 heterocycles. The van der Waals surface area contributed by atoms with Crippen LogP contribution in [-0.2, 0) is 33.4 Å². The number of hydrogen-bond donors (Lipinski definition) is 1. The van der Waals surface area contributed by atoms with Gasteiger partial charge < -0.3 is 23.7 Å². The Morgan fingerprint density at radius 3 is 2.40 bits per heavy atom. The van der Waals surface area contributed by atoms with E-state index in [0.717, 1.165) is 11.1 Å². The number of ether oxygens (including phenoxy) is 3. The molecule has 1 aromatic heterocycles. The molecule has 1 saturated heterocycles. The van der Waals surface area contributed by atoms with Crippen LogP contribution in [-0.4, -0.2) is 48.1 Å². The number of carbonyl (C=O) groups is 4. The Bertz CT molecular complexity index is 1240. The number of allylic oxidation sites excluding steroid dienone is 1. The first-order valence-corrected chi connectivity index (χ1v) is 14.1. The molecule has 1 N–H and O–H groups in total. The standard InChI is InChI=1S/C31H40O9/c1-15(2)27(35)40-26-18-12-17-19(31(6,24(18)34)23(29(26,3)4)22(33)28(36)37-7)8-10-30(5)20(17)13-21(32)39-25(30)16-9-11-38-14-16/h9,11-12,14-15,18-20,22-23,25-26,33H,8,10,13H2,1-7H3/t18-,19-,20-,22+,23-,25-,26+,30+,31+/m0/s1. The molecule has 3 fully saturated rings. The van der Waals surface area contributed by atoms with Gasteiger partial charge in [-0.05, 0) is 30.7 Å². The number of methoxy groups -OCH3 is 1. The van der Waals surface area contributed by atoms with E-state index in [1.807, 2.05) is 26.8 Å². The SMILES string of the molecule is COC(=O)[C@H](O)[C@H]1C(C)(C)[C@H](OC(=O)C(C)C)[C@H]2C=C3[C@@H]4CC(=O)O[C@@H](c5ccoc5)[C@]4(C)CC[C@@H]3[C@@]1(C)C2=O. The van der Waals surface area contributed by atoms with Gasteiger partial charge in [0.25, 0.3) is 0 Å². The Morgan fingerprint density at radius 1 is 1.10 bits per heavy atom. The molecule has 1 aromatic rings. The molecule has 5 rings (SSSR count). The van der Waals surface area contributed by atoms with Gasteiger partial charge in [-0.15, -0.1) is 0 Å². The summed E-state index contributed by atoms with van der Waals surface area (Å²) in [6.45, 7) is 11.1. The second kappa shape index (κ2) is 9.57. The summed E-state index contributed by atoms with van der Waals surface area (Å²) >= 11 is 0. The van der Waals surface area contributed by atoms with E-state index in [1.165, 1.54) is 7.11 Å². The van der Waals surface area contributed by atoms with Crippen LogP contribution in [0.15, 0.2) is 34.7 Å². The largest absolute Gasteiger partial charge is 0.472 e. The number of esters is 3. The molecule has 2 bridgehead atoms. The lowest BCUT2D eigenvalue weighted by atomic mass is 9.40. The maximum Gasteiger partial charge on any atom is 0.335 e. The molecule has 0 aromatic carbocycles. The van der Waals surface area contributed by atoms with Crippen LogP contribution >= 0.6 is 0 Å². The third-order valence-electron chi connectivity index (χ3n) is 10.5. The maximum atomic E-state index is 14.4. The summed E-state index contributed by atoms with van der Waals surface area (Å²) in [5, 5.41) is 11.4. The van der Waals surface area contributed by atoms with Crippen molar-refractivity contribution in [1.29, 1.82) is 0 Å². The Labute approximate surface area is 234 Å². The highest BCUT2D eigenvalue weighted by Crippen LogP contribution is 2.68. The average molecular weight is 557 g/mol. The van der Waals surface area contributed by atoms with Gasteiger partial charge >= 0.3 is 17.9 Å². The molecule has 218 valence electrons. The van der Waals surface area contributed by atoms with Crippen molar-refractivity contribution in [1.82, 2.24) is 0 Å². The molecule has 2 saturated carbocycles. The van der Waals surface area contributed by atoms with Crippen LogP contribution in [0.2, 0.25) is 0 Å². The number of ketones is 1. The van der Waals surface area contributed by atoms with Crippen LogP contribution in [0.3, 0.4) is 0 Å². The zero-order chi connectivity index (χ0) is 29.4. The Hall–Kier alpha value is -2.94. The van der Waals surface area contributed by atoms with Gasteiger partial charge in [-0.3, -0.25) is 14.4 Å². The van der Waals surface area contributed by atoms with Crippen molar-refractivity contribution in [2.75, 3.05) is 7.11 Å². The predicted octanol–water partition coefficient (Wildman–Crippen LogP) is 4.19. The first-order valence-electron chi connectivity index (χ1n) is 14.1. The van der Waals surface area contributed by atoms with E-state index in [2.05, 4.69) is 6.92 Å². The summed E-state index contributed by atoms with van der Waals surface area (Å²) in [7, 11) is 1.20. The van der Waals surface area contributed by atoms with E-state index < -0.39 is 64.2 Å². The fourth-order valence-electron chi connectivity index (χ4n) is 8.62. The summed E-state index contributed by atoms with van der Waals surface area (Å²) in [4.78, 5) is 53.2. The highest BCUT2D eigenvalue weighted by Gasteiger charge is 2.70. The van der Waals surface area contributed by atoms with Gasteiger partial charge in [0.05, 0.1) is 37.9 Å². The van der Waals surface area contributed by atoms with E-state index in [0.29, 0.717) is 12.8 Å². The van der Waals surface area contributed by atoms with Crippen molar-refractivity contribution in [2.45, 2.75) is 79.1 Å². The molecule has 9 atom stereocenters. The molecule has 4 aliphatic rings. The fraction of sp³-hybridized carbons (Fsp3) is 0.677. The summed E-state index contributed by atoms with van der Waals surface area (Å²) < 4.78 is 22.2. The van der Waals surface area contributed by atoms with Gasteiger partial charge in [0, 0.05) is 27.7 Å². The lowest BCUT2D eigenvalue weighted by Crippen LogP contribution is -2.69. The minimum atomic E-state index is -1.61. The van der Waals surface area contributed by atoms with Gasteiger partial charge in [-0.25, -0.2) is 4.79 Å². The fourth-order valence-corrected chi connectivity index (χ4v) is 8.62. The van der Waals surface area contributed by atoms with Crippen LogP contribution in [0.25, 0.3) is 0 Å². The Kier molecular flexibility index (Phi) is 6.84. The zero-order valence-corrected chi connectivity index (χ0v) is 24.3. The molecule has 40 heavy (non-hydrogen) atoms. The highest BCUT2D eigenvalue weighted by atomic mass is 16.6. The van der Waals surface area contributed by atoms with E-state index >= 15 is 0 Å². The average Bonchev–Trinajstić information content (AvgIpc) is 3.42. The third kappa shape index (κ3) is 3.90. The summed E-state index contributed by atoms with van der Waals surface area (Å²) in [5.41, 5.74) is -0.878. The first-order chi connectivity index (χ1) is 18.7. The van der Waals surface area contributed by atoms with Gasteiger partial charge in [-0.2, -0.15) is 0 Å². The quantitative estimate of drug-likeness (QED) is 0.322. The van der Waals surface area contributed by atoms with Crippen LogP contribution in [0.1, 0.15) is 72.5 Å². The van der Waals surface area contributed by atoms with Crippen LogP contribution in [0.4, 0.5) is 0 Å². The van der Waals surface area contributed by atoms with E-state index in [9.17, 15) is 24.3 Å². The smallest absolute Gasteiger partial charge is 0.335 e. The molecular weight excluding hydrogens is 516 g/mol. The van der Waals surface area contributed by atoms with E-state index in [4.69, 9.17) is 18.6 Å². The second-order valence-electron chi connectivity index (χ2n) is 13.4. The molecule has 9 heteroatoms. The maximum absolute atomic E-state index is 14.4. The van der Waals surface area contributed by atoms with Crippen molar-refractivity contribution in [3.8, 4) is 0 Å². The van der Waals surface area contributed by atoms with Crippen molar-refractivity contribution in [3.05, 3.63) is 35.8 Å². The number of hydrogen-bond acceptors (Lipinski definition) is 9. The molecule has 3 aliphatic carbocycles. The Morgan fingerprint density at radius 2 is 1.80 bits per heavy atom. The Balaban J connectivity index is 1.69. The molecular formula is C31H40O9. The molecule has 0 unspecified atom stereocenters. The summed E-state index contributed by atoms with van der Waals surface area (Å²) in [6, 6.07) is 1.80. The van der Waals surface area contributed by atoms with E-state index in [-0.39, 0.29) is 30.0 Å². The first kappa shape index (κ1) is 28.6. The summed E-state index contributed by atoms with van der Waals surface area (Å²) in [6.07, 6.45) is 3.43. The lowest BCUT2D eigenvalue weighted by Gasteiger charge is -2.64. The number of cyclic esters (lactones) is 1.